The molecule has 0 atom stereocenters. The van der Waals surface area contributed by atoms with Crippen molar-refractivity contribution in [2.45, 2.75) is 13.5 Å². The molecular formula is C9H9N3O2S. The third-order valence-corrected chi connectivity index (χ3v) is 3.04. The SMILES string of the molecule is Cc1ccsc1Cn1cc(C(=O)O)nn1. The van der Waals surface area contributed by atoms with E-state index in [0.717, 1.165) is 4.88 Å². The molecule has 0 aromatic carbocycles. The maximum Gasteiger partial charge on any atom is 0.358 e. The van der Waals surface area contributed by atoms with Gasteiger partial charge in [-0.3, -0.25) is 0 Å². The summed E-state index contributed by atoms with van der Waals surface area (Å²) in [5.74, 6) is -1.05. The summed E-state index contributed by atoms with van der Waals surface area (Å²) in [5.41, 5.74) is 1.16. The molecule has 0 aliphatic carbocycles. The molecule has 5 nitrogen and oxygen atoms in total. The molecule has 6 heteroatoms. The lowest BCUT2D eigenvalue weighted by Crippen LogP contribution is -1.99. The zero-order valence-corrected chi connectivity index (χ0v) is 8.86. The number of nitrogens with zero attached hydrogens (tertiary/aromatic N) is 3. The zero-order valence-electron chi connectivity index (χ0n) is 8.04. The zero-order chi connectivity index (χ0) is 10.8. The minimum Gasteiger partial charge on any atom is -0.476 e. The van der Waals surface area contributed by atoms with Crippen molar-refractivity contribution in [3.63, 3.8) is 0 Å². The van der Waals surface area contributed by atoms with Gasteiger partial charge in [-0.25, -0.2) is 9.48 Å². The van der Waals surface area contributed by atoms with Crippen LogP contribution in [0.15, 0.2) is 17.6 Å². The predicted molar refractivity (Wildman–Crippen MR) is 55.1 cm³/mol. The lowest BCUT2D eigenvalue weighted by atomic mass is 10.3. The van der Waals surface area contributed by atoms with Gasteiger partial charge in [-0.1, -0.05) is 5.21 Å². The molecule has 2 aromatic heterocycles. The Kier molecular flexibility index (Phi) is 2.51. The van der Waals surface area contributed by atoms with Gasteiger partial charge in [-0.15, -0.1) is 16.4 Å². The van der Waals surface area contributed by atoms with Gasteiger partial charge in [0, 0.05) is 4.88 Å². The van der Waals surface area contributed by atoms with Crippen LogP contribution >= 0.6 is 11.3 Å². The molecule has 0 saturated carbocycles. The van der Waals surface area contributed by atoms with E-state index in [2.05, 4.69) is 10.3 Å². The van der Waals surface area contributed by atoms with Crippen molar-refractivity contribution in [3.05, 3.63) is 33.8 Å². The monoisotopic (exact) mass is 223 g/mol. The number of aromatic carboxylic acids is 1. The normalized spacial score (nSPS) is 10.5. The van der Waals surface area contributed by atoms with Gasteiger partial charge in [0.2, 0.25) is 0 Å². The highest BCUT2D eigenvalue weighted by atomic mass is 32.1. The van der Waals surface area contributed by atoms with Crippen LogP contribution in [0.5, 0.6) is 0 Å². The average molecular weight is 223 g/mol. The first-order valence-electron chi connectivity index (χ1n) is 4.33. The van der Waals surface area contributed by atoms with Gasteiger partial charge in [0.25, 0.3) is 0 Å². The first-order valence-corrected chi connectivity index (χ1v) is 5.21. The van der Waals surface area contributed by atoms with Crippen molar-refractivity contribution in [1.82, 2.24) is 15.0 Å². The van der Waals surface area contributed by atoms with E-state index in [1.54, 1.807) is 11.3 Å². The maximum absolute atomic E-state index is 10.6. The van der Waals surface area contributed by atoms with Crippen LogP contribution in [0.4, 0.5) is 0 Å². The largest absolute Gasteiger partial charge is 0.476 e. The quantitative estimate of drug-likeness (QED) is 0.853. The first kappa shape index (κ1) is 9.85. The standard InChI is InChI=1S/C9H9N3O2S/c1-6-2-3-15-8(6)5-12-4-7(9(13)14)10-11-12/h2-4H,5H2,1H3,(H,13,14). The maximum atomic E-state index is 10.6. The van der Waals surface area contributed by atoms with Crippen LogP contribution in [0.2, 0.25) is 0 Å². The number of carboxylic acid groups (broad SMARTS) is 1. The molecule has 0 aliphatic rings. The van der Waals surface area contributed by atoms with E-state index in [-0.39, 0.29) is 5.69 Å². The van der Waals surface area contributed by atoms with E-state index in [0.29, 0.717) is 6.54 Å². The van der Waals surface area contributed by atoms with E-state index in [1.165, 1.54) is 16.4 Å². The van der Waals surface area contributed by atoms with Crippen molar-refractivity contribution >= 4 is 17.3 Å². The summed E-state index contributed by atoms with van der Waals surface area (Å²) in [6.07, 6.45) is 1.43. The van der Waals surface area contributed by atoms with Crippen LogP contribution in [-0.4, -0.2) is 26.1 Å². The minimum atomic E-state index is -1.05. The molecule has 0 radical (unpaired) electrons. The van der Waals surface area contributed by atoms with Crippen molar-refractivity contribution in [3.8, 4) is 0 Å². The smallest absolute Gasteiger partial charge is 0.358 e. The number of rotatable bonds is 3. The van der Waals surface area contributed by atoms with Gasteiger partial charge in [-0.2, -0.15) is 0 Å². The molecule has 0 spiro atoms. The summed E-state index contributed by atoms with van der Waals surface area (Å²) < 4.78 is 1.53. The Morgan fingerprint density at radius 3 is 3.00 bits per heavy atom. The fraction of sp³-hybridized carbons (Fsp3) is 0.222. The topological polar surface area (TPSA) is 68.0 Å². The predicted octanol–water partition coefficient (Wildman–Crippen LogP) is 1.39. The Morgan fingerprint density at radius 2 is 2.47 bits per heavy atom. The molecule has 78 valence electrons. The lowest BCUT2D eigenvalue weighted by molar-refractivity contribution is 0.0690. The Balaban J connectivity index is 2.18. The molecule has 0 aliphatic heterocycles. The molecule has 0 bridgehead atoms. The molecule has 15 heavy (non-hydrogen) atoms. The molecule has 2 aromatic rings. The van der Waals surface area contributed by atoms with E-state index in [9.17, 15) is 4.79 Å². The molecule has 0 saturated heterocycles. The van der Waals surface area contributed by atoms with Crippen molar-refractivity contribution in [2.75, 3.05) is 0 Å². The van der Waals surface area contributed by atoms with Gasteiger partial charge in [0.05, 0.1) is 12.7 Å². The number of aromatic nitrogens is 3. The second-order valence-electron chi connectivity index (χ2n) is 3.13. The van der Waals surface area contributed by atoms with E-state index >= 15 is 0 Å². The number of hydrogen-bond acceptors (Lipinski definition) is 4. The summed E-state index contributed by atoms with van der Waals surface area (Å²) in [6.45, 7) is 2.59. The Morgan fingerprint density at radius 1 is 1.67 bits per heavy atom. The van der Waals surface area contributed by atoms with Crippen molar-refractivity contribution in [2.24, 2.45) is 0 Å². The molecular weight excluding hydrogens is 214 g/mol. The molecule has 0 unspecified atom stereocenters. The molecule has 0 amide bonds. The number of carbonyl (C=O) groups is 1. The first-order chi connectivity index (χ1) is 7.16. The van der Waals surface area contributed by atoms with Crippen LogP contribution in [0, 0.1) is 6.92 Å². The summed E-state index contributed by atoms with van der Waals surface area (Å²) in [5, 5.41) is 18.0. The van der Waals surface area contributed by atoms with Crippen LogP contribution < -0.4 is 0 Å². The summed E-state index contributed by atoms with van der Waals surface area (Å²) in [4.78, 5) is 11.7. The Labute approximate surface area is 90.0 Å². The third kappa shape index (κ3) is 2.04. The summed E-state index contributed by atoms with van der Waals surface area (Å²) in [6, 6.07) is 2.02. The number of hydrogen-bond donors (Lipinski definition) is 1. The minimum absolute atomic E-state index is 0.0239. The van der Waals surface area contributed by atoms with Gasteiger partial charge in [-0.05, 0) is 23.9 Å². The van der Waals surface area contributed by atoms with E-state index in [1.807, 2.05) is 18.4 Å². The molecule has 0 fully saturated rings. The summed E-state index contributed by atoms with van der Waals surface area (Å²) in [7, 11) is 0. The van der Waals surface area contributed by atoms with Gasteiger partial charge in [0.1, 0.15) is 0 Å². The van der Waals surface area contributed by atoms with Crippen LogP contribution in [0.1, 0.15) is 20.9 Å². The summed E-state index contributed by atoms with van der Waals surface area (Å²) >= 11 is 1.63. The molecule has 1 N–H and O–H groups in total. The Bertz CT molecular complexity index is 489. The highest BCUT2D eigenvalue weighted by Crippen LogP contribution is 2.16. The van der Waals surface area contributed by atoms with Crippen molar-refractivity contribution < 1.29 is 9.90 Å². The lowest BCUT2D eigenvalue weighted by Gasteiger charge is -1.97. The second-order valence-corrected chi connectivity index (χ2v) is 4.13. The van der Waals surface area contributed by atoms with Gasteiger partial charge < -0.3 is 5.11 Å². The number of thiophene rings is 1. The molecule has 2 heterocycles. The van der Waals surface area contributed by atoms with Gasteiger partial charge >= 0.3 is 5.97 Å². The average Bonchev–Trinajstić information content (AvgIpc) is 2.77. The number of aryl methyl sites for hydroxylation is 1. The van der Waals surface area contributed by atoms with Crippen LogP contribution in [-0.2, 0) is 6.54 Å². The highest BCUT2D eigenvalue weighted by Gasteiger charge is 2.09. The fourth-order valence-electron chi connectivity index (χ4n) is 1.19. The van der Waals surface area contributed by atoms with E-state index < -0.39 is 5.97 Å². The van der Waals surface area contributed by atoms with Crippen LogP contribution in [0.25, 0.3) is 0 Å². The third-order valence-electron chi connectivity index (χ3n) is 2.03. The van der Waals surface area contributed by atoms with E-state index in [4.69, 9.17) is 5.11 Å². The number of carboxylic acids is 1. The van der Waals surface area contributed by atoms with Gasteiger partial charge in [0.15, 0.2) is 5.69 Å². The Hall–Kier alpha value is -1.69. The highest BCUT2D eigenvalue weighted by molar-refractivity contribution is 7.10. The fourth-order valence-corrected chi connectivity index (χ4v) is 2.08. The van der Waals surface area contributed by atoms with Crippen LogP contribution in [0.3, 0.4) is 0 Å². The van der Waals surface area contributed by atoms with Crippen molar-refractivity contribution in [1.29, 1.82) is 0 Å². The second kappa shape index (κ2) is 3.82. The molecule has 2 rings (SSSR count).